The van der Waals surface area contributed by atoms with E-state index >= 15 is 0 Å². The van der Waals surface area contributed by atoms with Crippen molar-refractivity contribution >= 4 is 45.0 Å². The molecule has 2 heterocycles. The number of aryl methyl sites for hydroxylation is 2. The number of carbonyl (C=O) groups is 1. The third-order valence-electron chi connectivity index (χ3n) is 4.12. The van der Waals surface area contributed by atoms with Crippen LogP contribution in [0, 0.1) is 19.7 Å². The molecule has 2 N–H and O–H groups in total. The third kappa shape index (κ3) is 3.96. The van der Waals surface area contributed by atoms with E-state index in [1.54, 1.807) is 35.4 Å². The van der Waals surface area contributed by atoms with Gasteiger partial charge in [0.1, 0.15) is 16.5 Å². The Hall–Kier alpha value is -2.19. The number of nitrogens with two attached hydrogens (primary N) is 1. The highest BCUT2D eigenvalue weighted by Crippen LogP contribution is 2.33. The number of anilines is 1. The first-order valence-electron chi connectivity index (χ1n) is 7.99. The molecule has 0 bridgehead atoms. The Labute approximate surface area is 159 Å². The summed E-state index contributed by atoms with van der Waals surface area (Å²) in [6.07, 6.45) is 0. The first kappa shape index (κ1) is 18.6. The van der Waals surface area contributed by atoms with Crippen LogP contribution in [0.2, 0.25) is 0 Å². The first-order valence-corrected chi connectivity index (χ1v) is 9.79. The molecule has 0 spiro atoms. The van der Waals surface area contributed by atoms with E-state index in [2.05, 4.69) is 9.97 Å². The molecule has 1 amide bonds. The van der Waals surface area contributed by atoms with Crippen LogP contribution in [0.3, 0.4) is 0 Å². The van der Waals surface area contributed by atoms with Crippen LogP contribution in [0.4, 0.5) is 10.2 Å². The first-order chi connectivity index (χ1) is 12.3. The second-order valence-corrected chi connectivity index (χ2v) is 8.17. The number of amides is 1. The number of rotatable bonds is 5. The summed E-state index contributed by atoms with van der Waals surface area (Å²) >= 11 is 2.85. The highest BCUT2D eigenvalue weighted by atomic mass is 32.2. The van der Waals surface area contributed by atoms with E-state index < -0.39 is 0 Å². The van der Waals surface area contributed by atoms with Crippen molar-refractivity contribution in [3.05, 3.63) is 46.1 Å². The number of halogens is 1. The van der Waals surface area contributed by atoms with Crippen molar-refractivity contribution in [1.29, 1.82) is 0 Å². The van der Waals surface area contributed by atoms with Crippen LogP contribution in [-0.4, -0.2) is 33.6 Å². The predicted molar refractivity (Wildman–Crippen MR) is 105 cm³/mol. The molecule has 0 radical (unpaired) electrons. The zero-order valence-electron chi connectivity index (χ0n) is 14.7. The fourth-order valence-corrected chi connectivity index (χ4v) is 4.40. The number of carbonyl (C=O) groups excluding carboxylic acids is 1. The summed E-state index contributed by atoms with van der Waals surface area (Å²) in [7, 11) is 1.72. The molecule has 26 heavy (non-hydrogen) atoms. The summed E-state index contributed by atoms with van der Waals surface area (Å²) in [5.41, 5.74) is 8.05. The quantitative estimate of drug-likeness (QED) is 0.530. The maximum Gasteiger partial charge on any atom is 0.233 e. The molecular weight excluding hydrogens is 371 g/mol. The van der Waals surface area contributed by atoms with Crippen LogP contribution in [0.25, 0.3) is 10.2 Å². The number of thioether (sulfide) groups is 1. The van der Waals surface area contributed by atoms with E-state index in [0.29, 0.717) is 17.5 Å². The Morgan fingerprint density at radius 2 is 1.96 bits per heavy atom. The van der Waals surface area contributed by atoms with Crippen molar-refractivity contribution in [2.75, 3.05) is 18.5 Å². The van der Waals surface area contributed by atoms with Crippen LogP contribution in [0.5, 0.6) is 0 Å². The molecule has 0 unspecified atom stereocenters. The normalized spacial score (nSPS) is 11.1. The number of hydrogen-bond donors (Lipinski definition) is 1. The highest BCUT2D eigenvalue weighted by molar-refractivity contribution is 7.99. The van der Waals surface area contributed by atoms with Crippen molar-refractivity contribution in [3.8, 4) is 0 Å². The van der Waals surface area contributed by atoms with Gasteiger partial charge in [-0.25, -0.2) is 14.4 Å². The van der Waals surface area contributed by atoms with Crippen molar-refractivity contribution in [3.63, 3.8) is 0 Å². The summed E-state index contributed by atoms with van der Waals surface area (Å²) in [4.78, 5) is 24.8. The van der Waals surface area contributed by atoms with E-state index in [1.165, 1.54) is 28.8 Å². The maximum absolute atomic E-state index is 13.0. The lowest BCUT2D eigenvalue weighted by molar-refractivity contribution is -0.127. The van der Waals surface area contributed by atoms with Gasteiger partial charge in [-0.1, -0.05) is 23.9 Å². The van der Waals surface area contributed by atoms with Crippen molar-refractivity contribution in [2.24, 2.45) is 0 Å². The molecule has 1 aromatic carbocycles. The smallest absolute Gasteiger partial charge is 0.233 e. The summed E-state index contributed by atoms with van der Waals surface area (Å²) in [5.74, 6) is 0.320. The summed E-state index contributed by atoms with van der Waals surface area (Å²) in [5, 5.41) is 1.40. The average Bonchev–Trinajstić information content (AvgIpc) is 2.89. The lowest BCUT2D eigenvalue weighted by Crippen LogP contribution is -2.27. The van der Waals surface area contributed by atoms with Gasteiger partial charge in [-0.05, 0) is 37.1 Å². The molecule has 3 rings (SSSR count). The predicted octanol–water partition coefficient (Wildman–Crippen LogP) is 3.78. The average molecular weight is 391 g/mol. The Morgan fingerprint density at radius 1 is 1.27 bits per heavy atom. The number of nitrogen functional groups attached to an aromatic ring is 1. The minimum Gasteiger partial charge on any atom is -0.383 e. The highest BCUT2D eigenvalue weighted by Gasteiger charge is 2.15. The molecule has 8 heteroatoms. The maximum atomic E-state index is 13.0. The van der Waals surface area contributed by atoms with Gasteiger partial charge >= 0.3 is 0 Å². The van der Waals surface area contributed by atoms with E-state index in [4.69, 9.17) is 5.73 Å². The molecule has 0 aliphatic heterocycles. The molecule has 0 aliphatic carbocycles. The molecule has 3 aromatic rings. The molecule has 2 aromatic heterocycles. The van der Waals surface area contributed by atoms with Gasteiger partial charge in [0, 0.05) is 18.5 Å². The topological polar surface area (TPSA) is 72.1 Å². The van der Waals surface area contributed by atoms with Gasteiger partial charge in [0.15, 0.2) is 5.16 Å². The second kappa shape index (κ2) is 7.59. The SMILES string of the molecule is Cc1sc2nc(SCC(=O)N(C)Cc3ccc(F)cc3)nc(N)c2c1C. The molecule has 136 valence electrons. The minimum absolute atomic E-state index is 0.0554. The van der Waals surface area contributed by atoms with Gasteiger partial charge in [-0.15, -0.1) is 11.3 Å². The van der Waals surface area contributed by atoms with Gasteiger partial charge in [-0.3, -0.25) is 4.79 Å². The van der Waals surface area contributed by atoms with Crippen LogP contribution in [0.1, 0.15) is 16.0 Å². The lowest BCUT2D eigenvalue weighted by atomic mass is 10.2. The van der Waals surface area contributed by atoms with Gasteiger partial charge in [-0.2, -0.15) is 0 Å². The Morgan fingerprint density at radius 3 is 2.65 bits per heavy atom. The van der Waals surface area contributed by atoms with Crippen molar-refractivity contribution in [2.45, 2.75) is 25.5 Å². The molecule has 5 nitrogen and oxygen atoms in total. The standard InChI is InChI=1S/C18H19FN4OS2/c1-10-11(2)26-17-15(10)16(20)21-18(22-17)25-9-14(24)23(3)8-12-4-6-13(19)7-5-12/h4-7H,8-9H2,1-3H3,(H2,20,21,22). The summed E-state index contributed by atoms with van der Waals surface area (Å²) in [6, 6.07) is 6.12. The van der Waals surface area contributed by atoms with Crippen LogP contribution in [-0.2, 0) is 11.3 Å². The molecule has 0 saturated heterocycles. The zero-order chi connectivity index (χ0) is 18.8. The number of thiophene rings is 1. The van der Waals surface area contributed by atoms with Gasteiger partial charge in [0.05, 0.1) is 11.1 Å². The van der Waals surface area contributed by atoms with E-state index in [9.17, 15) is 9.18 Å². The fraction of sp³-hybridized carbons (Fsp3) is 0.278. The van der Waals surface area contributed by atoms with E-state index in [-0.39, 0.29) is 17.5 Å². The third-order valence-corrected chi connectivity index (χ3v) is 6.05. The number of hydrogen-bond acceptors (Lipinski definition) is 6. The monoisotopic (exact) mass is 390 g/mol. The Kier molecular flexibility index (Phi) is 5.43. The fourth-order valence-electron chi connectivity index (χ4n) is 2.51. The lowest BCUT2D eigenvalue weighted by Gasteiger charge is -2.17. The molecule has 0 saturated carbocycles. The number of nitrogens with zero attached hydrogens (tertiary/aromatic N) is 3. The van der Waals surface area contributed by atoms with Crippen molar-refractivity contribution in [1.82, 2.24) is 14.9 Å². The van der Waals surface area contributed by atoms with E-state index in [1.807, 2.05) is 13.8 Å². The van der Waals surface area contributed by atoms with Gasteiger partial charge < -0.3 is 10.6 Å². The van der Waals surface area contributed by atoms with Crippen LogP contribution >= 0.6 is 23.1 Å². The van der Waals surface area contributed by atoms with Gasteiger partial charge in [0.2, 0.25) is 5.91 Å². The molecule has 0 atom stereocenters. The molecule has 0 fully saturated rings. The summed E-state index contributed by atoms with van der Waals surface area (Å²) in [6.45, 7) is 4.46. The summed E-state index contributed by atoms with van der Waals surface area (Å²) < 4.78 is 13.0. The largest absolute Gasteiger partial charge is 0.383 e. The number of aromatic nitrogens is 2. The molecular formula is C18H19FN4OS2. The Balaban J connectivity index is 1.65. The zero-order valence-corrected chi connectivity index (χ0v) is 16.4. The molecule has 0 aliphatic rings. The second-order valence-electron chi connectivity index (χ2n) is 6.02. The van der Waals surface area contributed by atoms with Gasteiger partial charge in [0.25, 0.3) is 0 Å². The minimum atomic E-state index is -0.289. The van der Waals surface area contributed by atoms with E-state index in [0.717, 1.165) is 21.3 Å². The number of fused-ring (bicyclic) bond motifs is 1. The van der Waals surface area contributed by atoms with Crippen molar-refractivity contribution < 1.29 is 9.18 Å². The Bertz CT molecular complexity index is 956. The van der Waals surface area contributed by atoms with Crippen LogP contribution < -0.4 is 5.73 Å². The van der Waals surface area contributed by atoms with Crippen LogP contribution in [0.15, 0.2) is 29.4 Å². The number of benzene rings is 1.